The standard InChI is InChI=1S/C48H62O4/c1-33(2)36-24-29-48(32-51-41(49)22-18-34-14-10-8-11-15-34)31-30-46(6)37(43(36)48)20-21-39-45(5)27-26-40(44(3,4)38(45)25-28-47(39,46)7)52-42(50)23-19-35-16-12-9-13-17-35/h8-19,22-23,36-40,43H,1,20-21,24-32H2,2-7H3/b22-18+,23-19+/t36-,37+,38+,39+,40-,43-,45-,46+,47+,48+/m0/s1. The zero-order valence-corrected chi connectivity index (χ0v) is 32.7. The first-order valence-corrected chi connectivity index (χ1v) is 20.2. The van der Waals surface area contributed by atoms with E-state index in [4.69, 9.17) is 9.47 Å². The first kappa shape index (κ1) is 36.9. The molecule has 4 nitrogen and oxygen atoms in total. The summed E-state index contributed by atoms with van der Waals surface area (Å²) in [4.78, 5) is 26.2. The number of hydrogen-bond donors (Lipinski definition) is 0. The van der Waals surface area contributed by atoms with Crippen molar-refractivity contribution in [3.8, 4) is 0 Å². The molecule has 0 radical (unpaired) electrons. The molecule has 0 aromatic heterocycles. The molecular formula is C48H62O4. The largest absolute Gasteiger partial charge is 0.462 e. The number of fused-ring (bicyclic) bond motifs is 7. The SMILES string of the molecule is C=C(C)[C@@H]1CC[C@]2(COC(=O)/C=C/c3ccccc3)CC[C@]3(C)[C@H](CC[C@@H]4[C@@]5(C)CC[C@H](OC(=O)/C=C/c6ccccc6)C(C)(C)[C@H]5CC[C@]43C)[C@H]12. The van der Waals surface area contributed by atoms with Crippen LogP contribution in [0.2, 0.25) is 0 Å². The monoisotopic (exact) mass is 702 g/mol. The van der Waals surface area contributed by atoms with Gasteiger partial charge >= 0.3 is 11.9 Å². The highest BCUT2D eigenvalue weighted by molar-refractivity contribution is 5.87. The number of benzene rings is 2. The fourth-order valence-electron chi connectivity index (χ4n) is 13.6. The quantitative estimate of drug-likeness (QED) is 0.156. The highest BCUT2D eigenvalue weighted by Gasteiger charge is 2.71. The zero-order chi connectivity index (χ0) is 36.9. The third-order valence-corrected chi connectivity index (χ3v) is 16.4. The smallest absolute Gasteiger partial charge is 0.331 e. The van der Waals surface area contributed by atoms with E-state index in [1.165, 1.54) is 37.7 Å². The summed E-state index contributed by atoms with van der Waals surface area (Å²) in [7, 11) is 0. The molecule has 0 N–H and O–H groups in total. The number of carbonyl (C=O) groups excluding carboxylic acids is 2. The molecule has 5 aliphatic carbocycles. The molecule has 2 aromatic carbocycles. The molecule has 10 atom stereocenters. The summed E-state index contributed by atoms with van der Waals surface area (Å²) in [6.45, 7) is 20.0. The van der Waals surface area contributed by atoms with Crippen molar-refractivity contribution < 1.29 is 19.1 Å². The Morgan fingerprint density at radius 2 is 1.35 bits per heavy atom. The highest BCUT2D eigenvalue weighted by atomic mass is 16.5. The Kier molecular flexibility index (Phi) is 9.79. The van der Waals surface area contributed by atoms with E-state index in [0.717, 1.165) is 43.2 Å². The minimum atomic E-state index is -0.234. The van der Waals surface area contributed by atoms with Gasteiger partial charge in [-0.1, -0.05) is 107 Å². The lowest BCUT2D eigenvalue weighted by Crippen LogP contribution is -2.67. The van der Waals surface area contributed by atoms with E-state index in [9.17, 15) is 9.59 Å². The van der Waals surface area contributed by atoms with Crippen LogP contribution in [0.15, 0.2) is 85.0 Å². The van der Waals surface area contributed by atoms with Crippen molar-refractivity contribution in [2.75, 3.05) is 6.61 Å². The van der Waals surface area contributed by atoms with E-state index in [0.29, 0.717) is 36.2 Å². The fraction of sp³-hybridized carbons (Fsp3) is 0.583. The van der Waals surface area contributed by atoms with Crippen LogP contribution in [0.3, 0.4) is 0 Å². The van der Waals surface area contributed by atoms with E-state index in [-0.39, 0.29) is 45.1 Å². The van der Waals surface area contributed by atoms with Crippen LogP contribution in [-0.4, -0.2) is 24.6 Å². The van der Waals surface area contributed by atoms with Gasteiger partial charge in [-0.2, -0.15) is 0 Å². The third-order valence-electron chi connectivity index (χ3n) is 16.4. The Bertz CT molecular complexity index is 1710. The van der Waals surface area contributed by atoms with Crippen molar-refractivity contribution >= 4 is 24.1 Å². The van der Waals surface area contributed by atoms with Crippen LogP contribution in [0.1, 0.15) is 117 Å². The Hall–Kier alpha value is -3.40. The predicted molar refractivity (Wildman–Crippen MR) is 211 cm³/mol. The summed E-state index contributed by atoms with van der Waals surface area (Å²) >= 11 is 0. The molecule has 0 saturated heterocycles. The maximum Gasteiger partial charge on any atom is 0.331 e. The van der Waals surface area contributed by atoms with Gasteiger partial charge in [0, 0.05) is 23.0 Å². The Labute approximate surface area is 313 Å². The Morgan fingerprint density at radius 3 is 1.98 bits per heavy atom. The third kappa shape index (κ3) is 6.14. The number of ether oxygens (including phenoxy) is 2. The van der Waals surface area contributed by atoms with Crippen molar-refractivity contribution in [1.29, 1.82) is 0 Å². The van der Waals surface area contributed by atoms with E-state index in [2.05, 4.69) is 48.1 Å². The van der Waals surface area contributed by atoms with Crippen molar-refractivity contribution in [2.24, 2.45) is 56.7 Å². The zero-order valence-electron chi connectivity index (χ0n) is 32.7. The first-order valence-electron chi connectivity index (χ1n) is 20.2. The second-order valence-corrected chi connectivity index (χ2v) is 18.9. The summed E-state index contributed by atoms with van der Waals surface area (Å²) in [5.41, 5.74) is 3.89. The van der Waals surface area contributed by atoms with Gasteiger partial charge in [0.2, 0.25) is 0 Å². The second kappa shape index (κ2) is 13.8. The minimum absolute atomic E-state index is 0.0211. The van der Waals surface area contributed by atoms with Gasteiger partial charge in [-0.3, -0.25) is 0 Å². The summed E-state index contributed by atoms with van der Waals surface area (Å²) < 4.78 is 12.5. The molecule has 0 spiro atoms. The Morgan fingerprint density at radius 1 is 0.712 bits per heavy atom. The van der Waals surface area contributed by atoms with Crippen molar-refractivity contribution in [1.82, 2.24) is 0 Å². The van der Waals surface area contributed by atoms with Gasteiger partial charge in [0.15, 0.2) is 0 Å². The Balaban J connectivity index is 1.09. The van der Waals surface area contributed by atoms with Crippen molar-refractivity contribution in [3.63, 3.8) is 0 Å². The lowest BCUT2D eigenvalue weighted by molar-refractivity contribution is -0.251. The van der Waals surface area contributed by atoms with Gasteiger partial charge in [-0.05, 0) is 140 Å². The van der Waals surface area contributed by atoms with Gasteiger partial charge in [-0.15, -0.1) is 0 Å². The molecule has 0 aliphatic heterocycles. The van der Waals surface area contributed by atoms with E-state index in [1.807, 2.05) is 72.8 Å². The van der Waals surface area contributed by atoms with Gasteiger partial charge in [0.05, 0.1) is 6.61 Å². The second-order valence-electron chi connectivity index (χ2n) is 18.9. The van der Waals surface area contributed by atoms with Gasteiger partial charge in [0.1, 0.15) is 6.10 Å². The molecule has 4 heteroatoms. The molecule has 5 fully saturated rings. The average Bonchev–Trinajstić information content (AvgIpc) is 3.52. The molecule has 278 valence electrons. The van der Waals surface area contributed by atoms with Crippen molar-refractivity contribution in [3.05, 3.63) is 96.1 Å². The summed E-state index contributed by atoms with van der Waals surface area (Å²) in [6, 6.07) is 19.9. The predicted octanol–water partition coefficient (Wildman–Crippen LogP) is 11.5. The topological polar surface area (TPSA) is 52.6 Å². The highest BCUT2D eigenvalue weighted by Crippen LogP contribution is 2.77. The van der Waals surface area contributed by atoms with Crippen LogP contribution in [0, 0.1) is 56.7 Å². The summed E-state index contributed by atoms with van der Waals surface area (Å²) in [6.07, 6.45) is 18.3. The molecule has 5 saturated carbocycles. The maximum absolute atomic E-state index is 13.1. The number of carbonyl (C=O) groups is 2. The number of allylic oxidation sites excluding steroid dienone is 1. The number of hydrogen-bond acceptors (Lipinski definition) is 4. The van der Waals surface area contributed by atoms with E-state index >= 15 is 0 Å². The number of rotatable bonds is 8. The average molecular weight is 703 g/mol. The molecule has 0 unspecified atom stereocenters. The van der Waals surface area contributed by atoms with Crippen LogP contribution < -0.4 is 0 Å². The summed E-state index contributed by atoms with van der Waals surface area (Å²) in [5.74, 6) is 2.24. The normalized spacial score (nSPS) is 39.2. The molecule has 2 aromatic rings. The lowest BCUT2D eigenvalue weighted by atomic mass is 9.32. The lowest BCUT2D eigenvalue weighted by Gasteiger charge is -2.73. The molecular weight excluding hydrogens is 641 g/mol. The van der Waals surface area contributed by atoms with Gasteiger partial charge in [-0.25, -0.2) is 9.59 Å². The van der Waals surface area contributed by atoms with E-state index in [1.54, 1.807) is 12.2 Å². The molecule has 7 rings (SSSR count). The maximum atomic E-state index is 13.1. The number of esters is 2. The summed E-state index contributed by atoms with van der Waals surface area (Å²) in [5, 5.41) is 0. The van der Waals surface area contributed by atoms with Crippen LogP contribution in [0.5, 0.6) is 0 Å². The van der Waals surface area contributed by atoms with Crippen LogP contribution in [0.4, 0.5) is 0 Å². The molecule has 52 heavy (non-hydrogen) atoms. The molecule has 0 bridgehead atoms. The molecule has 5 aliphatic rings. The van der Waals surface area contributed by atoms with Crippen LogP contribution in [0.25, 0.3) is 12.2 Å². The molecule has 0 heterocycles. The van der Waals surface area contributed by atoms with Crippen LogP contribution in [-0.2, 0) is 19.1 Å². The van der Waals surface area contributed by atoms with Gasteiger partial charge in [0.25, 0.3) is 0 Å². The first-order chi connectivity index (χ1) is 24.7. The van der Waals surface area contributed by atoms with Crippen molar-refractivity contribution in [2.45, 2.75) is 112 Å². The minimum Gasteiger partial charge on any atom is -0.462 e. The van der Waals surface area contributed by atoms with E-state index < -0.39 is 0 Å². The van der Waals surface area contributed by atoms with Crippen LogP contribution >= 0.6 is 0 Å². The molecule has 0 amide bonds. The van der Waals surface area contributed by atoms with Gasteiger partial charge < -0.3 is 9.47 Å². The fourth-order valence-corrected chi connectivity index (χ4v) is 13.6.